The molecule has 122 valence electrons. The van der Waals surface area contributed by atoms with Gasteiger partial charge in [0.2, 0.25) is 5.91 Å². The van der Waals surface area contributed by atoms with E-state index in [1.807, 2.05) is 6.07 Å². The fourth-order valence-corrected chi connectivity index (χ4v) is 2.53. The molecule has 2 rings (SSSR count). The SMILES string of the molecule is O=C(CCCOc1ccc(Cl)cc1Cl)NN=Cc1ccc(I)o1. The van der Waals surface area contributed by atoms with Gasteiger partial charge in [-0.05, 0) is 59.3 Å². The second-order valence-corrected chi connectivity index (χ2v) is 6.37. The minimum Gasteiger partial charge on any atom is -0.492 e. The Labute approximate surface area is 157 Å². The summed E-state index contributed by atoms with van der Waals surface area (Å²) in [4.78, 5) is 11.6. The van der Waals surface area contributed by atoms with Gasteiger partial charge in [-0.25, -0.2) is 5.43 Å². The number of carbonyl (C=O) groups excluding carboxylic acids is 1. The number of benzene rings is 1. The van der Waals surface area contributed by atoms with Crippen LogP contribution in [0.15, 0.2) is 39.9 Å². The van der Waals surface area contributed by atoms with Crippen molar-refractivity contribution in [2.24, 2.45) is 5.10 Å². The number of hydrazone groups is 1. The first kappa shape index (κ1) is 18.1. The standard InChI is InChI=1S/C15H13Cl2IN2O3/c16-10-3-5-13(12(17)8-10)22-7-1-2-15(21)20-19-9-11-4-6-14(18)23-11/h3-6,8-9H,1-2,7H2,(H,20,21). The van der Waals surface area contributed by atoms with E-state index in [0.29, 0.717) is 34.6 Å². The molecule has 0 radical (unpaired) electrons. The van der Waals surface area contributed by atoms with Gasteiger partial charge in [0.05, 0.1) is 17.8 Å². The molecule has 0 aliphatic rings. The summed E-state index contributed by atoms with van der Waals surface area (Å²) in [5.74, 6) is 0.922. The molecule has 1 aromatic heterocycles. The predicted molar refractivity (Wildman–Crippen MR) is 98.4 cm³/mol. The lowest BCUT2D eigenvalue weighted by Crippen LogP contribution is -2.18. The topological polar surface area (TPSA) is 63.8 Å². The number of ether oxygens (including phenoxy) is 1. The van der Waals surface area contributed by atoms with Crippen molar-refractivity contribution in [2.75, 3.05) is 6.61 Å². The summed E-state index contributed by atoms with van der Waals surface area (Å²) in [5.41, 5.74) is 2.43. The first-order valence-corrected chi connectivity index (χ1v) is 8.53. The maximum absolute atomic E-state index is 11.6. The molecule has 0 spiro atoms. The predicted octanol–water partition coefficient (Wildman–Crippen LogP) is 4.50. The van der Waals surface area contributed by atoms with Crippen LogP contribution in [0.3, 0.4) is 0 Å². The molecule has 0 bridgehead atoms. The van der Waals surface area contributed by atoms with Crippen LogP contribution in [0.4, 0.5) is 0 Å². The van der Waals surface area contributed by atoms with Crippen LogP contribution < -0.4 is 10.2 Å². The highest BCUT2D eigenvalue weighted by Gasteiger charge is 2.04. The summed E-state index contributed by atoms with van der Waals surface area (Å²) in [5, 5.41) is 4.81. The summed E-state index contributed by atoms with van der Waals surface area (Å²) in [6.45, 7) is 0.370. The van der Waals surface area contributed by atoms with Gasteiger partial charge in [0, 0.05) is 11.4 Å². The normalized spacial score (nSPS) is 10.9. The second-order valence-electron chi connectivity index (χ2n) is 4.46. The number of furan rings is 1. The van der Waals surface area contributed by atoms with Gasteiger partial charge in [-0.2, -0.15) is 5.10 Å². The number of nitrogens with one attached hydrogen (secondary N) is 1. The van der Waals surface area contributed by atoms with Gasteiger partial charge >= 0.3 is 0 Å². The van der Waals surface area contributed by atoms with Crippen molar-refractivity contribution in [3.05, 3.63) is 49.9 Å². The highest BCUT2D eigenvalue weighted by Crippen LogP contribution is 2.27. The van der Waals surface area contributed by atoms with Crippen LogP contribution in [0.5, 0.6) is 5.75 Å². The number of amides is 1. The third-order valence-electron chi connectivity index (χ3n) is 2.67. The first-order chi connectivity index (χ1) is 11.0. The molecule has 0 aliphatic carbocycles. The van der Waals surface area contributed by atoms with E-state index < -0.39 is 0 Å². The van der Waals surface area contributed by atoms with E-state index in [9.17, 15) is 4.79 Å². The van der Waals surface area contributed by atoms with Gasteiger partial charge in [0.25, 0.3) is 0 Å². The number of rotatable bonds is 7. The Hall–Kier alpha value is -1.25. The molecule has 5 nitrogen and oxygen atoms in total. The second kappa shape index (κ2) is 9.14. The number of halogens is 3. The van der Waals surface area contributed by atoms with E-state index in [2.05, 4.69) is 33.1 Å². The summed E-state index contributed by atoms with van der Waals surface area (Å²) in [6.07, 6.45) is 2.28. The Balaban J connectivity index is 1.65. The molecule has 1 heterocycles. The average molecular weight is 467 g/mol. The van der Waals surface area contributed by atoms with Crippen LogP contribution >= 0.6 is 45.8 Å². The molecule has 0 unspecified atom stereocenters. The highest BCUT2D eigenvalue weighted by molar-refractivity contribution is 14.1. The molecule has 0 saturated heterocycles. The molecule has 0 atom stereocenters. The third-order valence-corrected chi connectivity index (χ3v) is 3.78. The van der Waals surface area contributed by atoms with Crippen LogP contribution in [0.2, 0.25) is 10.0 Å². The smallest absolute Gasteiger partial charge is 0.240 e. The summed E-state index contributed by atoms with van der Waals surface area (Å²) in [7, 11) is 0. The number of nitrogens with zero attached hydrogens (tertiary/aromatic N) is 1. The minimum atomic E-state index is -0.201. The van der Waals surface area contributed by atoms with Crippen molar-refractivity contribution in [1.29, 1.82) is 0 Å². The van der Waals surface area contributed by atoms with Crippen LogP contribution in [0.25, 0.3) is 0 Å². The molecular formula is C15H13Cl2IN2O3. The van der Waals surface area contributed by atoms with E-state index in [4.69, 9.17) is 32.4 Å². The van der Waals surface area contributed by atoms with Crippen LogP contribution in [0.1, 0.15) is 18.6 Å². The molecule has 1 amide bonds. The van der Waals surface area contributed by atoms with E-state index in [-0.39, 0.29) is 12.3 Å². The van der Waals surface area contributed by atoms with Crippen molar-refractivity contribution in [3.8, 4) is 5.75 Å². The zero-order valence-electron chi connectivity index (χ0n) is 11.9. The van der Waals surface area contributed by atoms with Gasteiger partial charge in [0.15, 0.2) is 3.77 Å². The Morgan fingerprint density at radius 1 is 1.35 bits per heavy atom. The Bertz CT molecular complexity index is 704. The Kier molecular flexibility index (Phi) is 7.19. The van der Waals surface area contributed by atoms with Gasteiger partial charge in [-0.3, -0.25) is 4.79 Å². The highest BCUT2D eigenvalue weighted by atomic mass is 127. The van der Waals surface area contributed by atoms with E-state index in [1.165, 1.54) is 6.21 Å². The van der Waals surface area contributed by atoms with E-state index in [1.54, 1.807) is 24.3 Å². The molecule has 8 heteroatoms. The molecule has 1 N–H and O–H groups in total. The van der Waals surface area contributed by atoms with E-state index in [0.717, 1.165) is 3.77 Å². The number of hydrogen-bond donors (Lipinski definition) is 1. The largest absolute Gasteiger partial charge is 0.492 e. The number of carbonyl (C=O) groups is 1. The summed E-state index contributed by atoms with van der Waals surface area (Å²) in [6, 6.07) is 8.57. The summed E-state index contributed by atoms with van der Waals surface area (Å²) < 4.78 is 11.5. The summed E-state index contributed by atoms with van der Waals surface area (Å²) >= 11 is 13.8. The molecule has 0 aliphatic heterocycles. The van der Waals surface area contributed by atoms with Gasteiger partial charge in [-0.15, -0.1) is 0 Å². The Morgan fingerprint density at radius 3 is 2.87 bits per heavy atom. The van der Waals surface area contributed by atoms with E-state index >= 15 is 0 Å². The molecule has 1 aromatic carbocycles. The van der Waals surface area contributed by atoms with Crippen LogP contribution in [0, 0.1) is 3.77 Å². The molecule has 2 aromatic rings. The Morgan fingerprint density at radius 2 is 2.17 bits per heavy atom. The van der Waals surface area contributed by atoms with Gasteiger partial charge < -0.3 is 9.15 Å². The van der Waals surface area contributed by atoms with Crippen molar-refractivity contribution >= 4 is 57.9 Å². The van der Waals surface area contributed by atoms with Gasteiger partial charge in [0.1, 0.15) is 11.5 Å². The maximum atomic E-state index is 11.6. The monoisotopic (exact) mass is 466 g/mol. The van der Waals surface area contributed by atoms with Crippen molar-refractivity contribution in [1.82, 2.24) is 5.43 Å². The van der Waals surface area contributed by atoms with Crippen molar-refractivity contribution in [2.45, 2.75) is 12.8 Å². The molecular weight excluding hydrogens is 454 g/mol. The van der Waals surface area contributed by atoms with Gasteiger partial charge in [-0.1, -0.05) is 23.2 Å². The molecule has 0 saturated carbocycles. The lowest BCUT2D eigenvalue weighted by Gasteiger charge is -2.07. The lowest BCUT2D eigenvalue weighted by molar-refractivity contribution is -0.121. The fourth-order valence-electron chi connectivity index (χ4n) is 1.63. The van der Waals surface area contributed by atoms with Crippen molar-refractivity contribution in [3.63, 3.8) is 0 Å². The van der Waals surface area contributed by atoms with Crippen LogP contribution in [-0.4, -0.2) is 18.7 Å². The van der Waals surface area contributed by atoms with Crippen LogP contribution in [-0.2, 0) is 4.79 Å². The number of hydrogen-bond acceptors (Lipinski definition) is 4. The average Bonchev–Trinajstić information content (AvgIpc) is 2.91. The van der Waals surface area contributed by atoms with Crippen molar-refractivity contribution < 1.29 is 13.9 Å². The lowest BCUT2D eigenvalue weighted by atomic mass is 10.3. The molecule has 0 fully saturated rings. The maximum Gasteiger partial charge on any atom is 0.240 e. The quantitative estimate of drug-likeness (QED) is 0.283. The zero-order valence-corrected chi connectivity index (χ0v) is 15.6. The zero-order chi connectivity index (χ0) is 16.7. The fraction of sp³-hybridized carbons (Fsp3) is 0.200. The molecule has 23 heavy (non-hydrogen) atoms. The third kappa shape index (κ3) is 6.40. The minimum absolute atomic E-state index is 0.201. The first-order valence-electron chi connectivity index (χ1n) is 6.69.